The third-order valence-electron chi connectivity index (χ3n) is 3.34. The molecule has 1 aromatic carbocycles. The first-order chi connectivity index (χ1) is 9.53. The van der Waals surface area contributed by atoms with Crippen LogP contribution in [0, 0.1) is 0 Å². The van der Waals surface area contributed by atoms with Crippen molar-refractivity contribution in [1.29, 1.82) is 0 Å². The molecule has 0 aliphatic heterocycles. The number of sulfonamides is 1. The first-order valence-electron chi connectivity index (χ1n) is 6.40. The summed E-state index contributed by atoms with van der Waals surface area (Å²) in [5.41, 5.74) is 8.66. The van der Waals surface area contributed by atoms with Crippen molar-refractivity contribution in [3.63, 3.8) is 0 Å². The van der Waals surface area contributed by atoms with Crippen LogP contribution in [0.5, 0.6) is 0 Å². The average Bonchev–Trinajstić information content (AvgIpc) is 2.90. The fourth-order valence-corrected chi connectivity index (χ4v) is 4.18. The van der Waals surface area contributed by atoms with Crippen LogP contribution in [-0.2, 0) is 15.8 Å². The SMILES string of the molecule is NC1CC1NS(=O)(=O)Cc1ccc(-c2ccsc2)cc1. The van der Waals surface area contributed by atoms with Gasteiger partial charge in [0.2, 0.25) is 10.0 Å². The molecule has 0 amide bonds. The predicted molar refractivity (Wildman–Crippen MR) is 81.9 cm³/mol. The summed E-state index contributed by atoms with van der Waals surface area (Å²) in [5, 5.41) is 4.10. The smallest absolute Gasteiger partial charge is 0.216 e. The van der Waals surface area contributed by atoms with E-state index in [9.17, 15) is 8.42 Å². The van der Waals surface area contributed by atoms with Gasteiger partial charge >= 0.3 is 0 Å². The largest absolute Gasteiger partial charge is 0.326 e. The Kier molecular flexibility index (Phi) is 3.64. The standard InChI is InChI=1S/C14H16N2O2S2/c15-13-7-14(13)16-20(17,18)9-10-1-3-11(4-2-10)12-5-6-19-8-12/h1-6,8,13-14,16H,7,9,15H2. The van der Waals surface area contributed by atoms with Crippen molar-refractivity contribution in [2.24, 2.45) is 5.73 Å². The molecular formula is C14H16N2O2S2. The van der Waals surface area contributed by atoms with Gasteiger partial charge in [0.15, 0.2) is 0 Å². The van der Waals surface area contributed by atoms with E-state index < -0.39 is 10.0 Å². The summed E-state index contributed by atoms with van der Waals surface area (Å²) in [6.45, 7) is 0. The molecule has 1 fully saturated rings. The normalized spacial score (nSPS) is 21.9. The van der Waals surface area contributed by atoms with Gasteiger partial charge in [0.25, 0.3) is 0 Å². The minimum absolute atomic E-state index is 0.000136. The Morgan fingerprint density at radius 2 is 1.90 bits per heavy atom. The summed E-state index contributed by atoms with van der Waals surface area (Å²) in [6, 6.07) is 9.58. The third kappa shape index (κ3) is 3.27. The fraction of sp³-hybridized carbons (Fsp3) is 0.286. The quantitative estimate of drug-likeness (QED) is 0.886. The Bertz CT molecular complexity index is 678. The van der Waals surface area contributed by atoms with Gasteiger partial charge in [-0.1, -0.05) is 24.3 Å². The highest BCUT2D eigenvalue weighted by molar-refractivity contribution is 7.88. The molecule has 1 heterocycles. The molecule has 1 saturated carbocycles. The zero-order valence-corrected chi connectivity index (χ0v) is 12.5. The Morgan fingerprint density at radius 3 is 2.45 bits per heavy atom. The van der Waals surface area contributed by atoms with Gasteiger partial charge in [0.05, 0.1) is 5.75 Å². The van der Waals surface area contributed by atoms with E-state index in [1.807, 2.05) is 35.7 Å². The zero-order valence-electron chi connectivity index (χ0n) is 10.8. The fourth-order valence-electron chi connectivity index (χ4n) is 2.06. The topological polar surface area (TPSA) is 72.2 Å². The van der Waals surface area contributed by atoms with E-state index >= 15 is 0 Å². The highest BCUT2D eigenvalue weighted by atomic mass is 32.2. The summed E-state index contributed by atoms with van der Waals surface area (Å²) in [6.07, 6.45) is 0.732. The van der Waals surface area contributed by atoms with Crippen molar-refractivity contribution >= 4 is 21.4 Å². The van der Waals surface area contributed by atoms with Crippen molar-refractivity contribution in [1.82, 2.24) is 4.72 Å². The molecule has 0 saturated heterocycles. The molecule has 0 spiro atoms. The van der Waals surface area contributed by atoms with Gasteiger partial charge in [-0.2, -0.15) is 11.3 Å². The van der Waals surface area contributed by atoms with Crippen LogP contribution in [0.15, 0.2) is 41.1 Å². The van der Waals surface area contributed by atoms with Gasteiger partial charge in [0, 0.05) is 12.1 Å². The van der Waals surface area contributed by atoms with Gasteiger partial charge in [-0.3, -0.25) is 0 Å². The second-order valence-electron chi connectivity index (χ2n) is 5.09. The van der Waals surface area contributed by atoms with Crippen molar-refractivity contribution in [2.45, 2.75) is 24.3 Å². The molecule has 20 heavy (non-hydrogen) atoms. The first kappa shape index (κ1) is 13.8. The summed E-state index contributed by atoms with van der Waals surface area (Å²) >= 11 is 1.64. The number of rotatable bonds is 5. The lowest BCUT2D eigenvalue weighted by Crippen LogP contribution is -2.30. The summed E-state index contributed by atoms with van der Waals surface area (Å²) < 4.78 is 26.5. The molecule has 106 valence electrons. The second kappa shape index (κ2) is 5.29. The molecule has 2 aromatic rings. The number of hydrogen-bond donors (Lipinski definition) is 2. The summed E-state index contributed by atoms with van der Waals surface area (Å²) in [5.74, 6) is 0.000136. The Balaban J connectivity index is 1.69. The van der Waals surface area contributed by atoms with Crippen molar-refractivity contribution in [3.05, 3.63) is 46.7 Å². The van der Waals surface area contributed by atoms with Crippen LogP contribution in [0.4, 0.5) is 0 Å². The van der Waals surface area contributed by atoms with Crippen molar-refractivity contribution in [2.75, 3.05) is 0 Å². The monoisotopic (exact) mass is 308 g/mol. The second-order valence-corrected chi connectivity index (χ2v) is 7.63. The molecule has 1 aliphatic carbocycles. The maximum Gasteiger partial charge on any atom is 0.216 e. The number of benzene rings is 1. The van der Waals surface area contributed by atoms with E-state index in [0.29, 0.717) is 0 Å². The molecule has 2 atom stereocenters. The van der Waals surface area contributed by atoms with Crippen LogP contribution in [0.25, 0.3) is 11.1 Å². The molecule has 6 heteroatoms. The lowest BCUT2D eigenvalue weighted by Gasteiger charge is -2.06. The van der Waals surface area contributed by atoms with E-state index in [0.717, 1.165) is 23.1 Å². The van der Waals surface area contributed by atoms with Crippen LogP contribution in [0.3, 0.4) is 0 Å². The number of hydrogen-bond acceptors (Lipinski definition) is 4. The zero-order chi connectivity index (χ0) is 14.2. The van der Waals surface area contributed by atoms with E-state index in [1.165, 1.54) is 0 Å². The van der Waals surface area contributed by atoms with E-state index in [4.69, 9.17) is 5.73 Å². The van der Waals surface area contributed by atoms with Crippen LogP contribution in [0.1, 0.15) is 12.0 Å². The van der Waals surface area contributed by atoms with Crippen molar-refractivity contribution in [3.8, 4) is 11.1 Å². The van der Waals surface area contributed by atoms with Crippen LogP contribution in [0.2, 0.25) is 0 Å². The van der Waals surface area contributed by atoms with Gasteiger partial charge in [0.1, 0.15) is 0 Å². The molecule has 3 N–H and O–H groups in total. The Hall–Kier alpha value is -1.21. The minimum atomic E-state index is -3.30. The number of thiophene rings is 1. The van der Waals surface area contributed by atoms with E-state index in [1.54, 1.807) is 11.3 Å². The molecule has 0 bridgehead atoms. The Morgan fingerprint density at radius 1 is 1.20 bits per heavy atom. The predicted octanol–water partition coefficient (Wildman–Crippen LogP) is 1.93. The summed E-state index contributed by atoms with van der Waals surface area (Å²) in [7, 11) is -3.30. The lowest BCUT2D eigenvalue weighted by molar-refractivity contribution is 0.579. The van der Waals surface area contributed by atoms with Gasteiger partial charge in [-0.05, 0) is 39.9 Å². The number of nitrogens with one attached hydrogen (secondary N) is 1. The summed E-state index contributed by atoms with van der Waals surface area (Å²) in [4.78, 5) is 0. The van der Waals surface area contributed by atoms with E-state index in [-0.39, 0.29) is 17.8 Å². The molecule has 2 unspecified atom stereocenters. The highest BCUT2D eigenvalue weighted by Crippen LogP contribution is 2.23. The maximum atomic E-state index is 11.9. The van der Waals surface area contributed by atoms with Crippen LogP contribution >= 0.6 is 11.3 Å². The van der Waals surface area contributed by atoms with Crippen LogP contribution in [-0.4, -0.2) is 20.5 Å². The minimum Gasteiger partial charge on any atom is -0.326 e. The van der Waals surface area contributed by atoms with Crippen LogP contribution < -0.4 is 10.5 Å². The maximum absolute atomic E-state index is 11.9. The van der Waals surface area contributed by atoms with Gasteiger partial charge in [-0.25, -0.2) is 13.1 Å². The average molecular weight is 308 g/mol. The van der Waals surface area contributed by atoms with Crippen molar-refractivity contribution < 1.29 is 8.42 Å². The highest BCUT2D eigenvalue weighted by Gasteiger charge is 2.36. The molecule has 3 rings (SSSR count). The van der Waals surface area contributed by atoms with Gasteiger partial charge in [-0.15, -0.1) is 0 Å². The van der Waals surface area contributed by atoms with Gasteiger partial charge < -0.3 is 5.73 Å². The molecule has 1 aromatic heterocycles. The molecule has 0 radical (unpaired) electrons. The molecule has 4 nitrogen and oxygen atoms in total. The number of nitrogens with two attached hydrogens (primary N) is 1. The molecular weight excluding hydrogens is 292 g/mol. The first-order valence-corrected chi connectivity index (χ1v) is 9.00. The van der Waals surface area contributed by atoms with E-state index in [2.05, 4.69) is 10.1 Å². The third-order valence-corrected chi connectivity index (χ3v) is 5.39. The lowest BCUT2D eigenvalue weighted by atomic mass is 10.1. The Labute approximate surface area is 122 Å². The molecule has 1 aliphatic rings.